The molecule has 2 aromatic heterocycles. The van der Waals surface area contributed by atoms with Gasteiger partial charge in [-0.2, -0.15) is 4.98 Å². The molecule has 5 rings (SSSR count). The Kier molecular flexibility index (Phi) is 6.67. The molecule has 2 fully saturated rings. The maximum absolute atomic E-state index is 12.9. The molecule has 0 spiro atoms. The van der Waals surface area contributed by atoms with Gasteiger partial charge in [-0.15, -0.1) is 27.5 Å². The molecule has 2 saturated heterocycles. The van der Waals surface area contributed by atoms with Crippen LogP contribution in [0.4, 0.5) is 11.1 Å². The number of nitrogens with zero attached hydrogens (tertiary/aromatic N) is 6. The fourth-order valence-electron chi connectivity index (χ4n) is 4.29. The molecule has 5 heterocycles. The van der Waals surface area contributed by atoms with Crippen LogP contribution in [0.2, 0.25) is 0 Å². The van der Waals surface area contributed by atoms with Crippen molar-refractivity contribution in [2.45, 2.75) is 28.6 Å². The summed E-state index contributed by atoms with van der Waals surface area (Å²) in [5, 5.41) is 25.8. The van der Waals surface area contributed by atoms with Crippen LogP contribution in [0.5, 0.6) is 0 Å². The summed E-state index contributed by atoms with van der Waals surface area (Å²) in [6, 6.07) is -0.983. The first-order valence-electron chi connectivity index (χ1n) is 10.7. The maximum Gasteiger partial charge on any atom is 0.353 e. The number of oxime groups is 1. The Morgan fingerprint density at radius 2 is 2.08 bits per heavy atom. The third-order valence-corrected chi connectivity index (χ3v) is 10.1. The highest BCUT2D eigenvalue weighted by Gasteiger charge is 2.54. The number of rotatable bonds is 7. The lowest BCUT2D eigenvalue weighted by molar-refractivity contribution is -0.150. The molecule has 3 aliphatic rings. The van der Waals surface area contributed by atoms with Crippen molar-refractivity contribution in [1.82, 2.24) is 29.0 Å². The molecule has 13 nitrogen and oxygen atoms in total. The minimum Gasteiger partial charge on any atom is -0.477 e. The standard InChI is InChI=1S/C19H20N8O5S4/c1-27(4-2-3-5-27)18-23-19(36-25-18)35-9-7-33-15-11(14(29)26(15)12(9)16(30)31)22-13(28)10(24-32)8-6-34-17(20)21-8/h6,11,15H,2-5,7H2,1H3,(H4-,20,21,22,28,30,31,32)/p+1/t11-,15?/m1/s1. The fraction of sp³-hybridized carbons (Fsp3) is 0.421. The van der Waals surface area contributed by atoms with E-state index in [4.69, 9.17) is 5.73 Å². The molecule has 3 aliphatic heterocycles. The molecule has 5 N–H and O–H groups in total. The first-order chi connectivity index (χ1) is 17.2. The number of likely N-dealkylation sites (tertiary alicyclic amines) is 1. The average Bonchev–Trinajstić information content (AvgIpc) is 3.60. The second kappa shape index (κ2) is 9.62. The predicted octanol–water partition coefficient (Wildman–Crippen LogP) is 0.974. The minimum absolute atomic E-state index is 0.0729. The first kappa shape index (κ1) is 24.9. The lowest BCUT2D eigenvalue weighted by Crippen LogP contribution is -2.71. The molecular formula is C19H21N8O5S4+. The van der Waals surface area contributed by atoms with E-state index in [1.807, 2.05) is 0 Å². The molecule has 0 saturated carbocycles. The van der Waals surface area contributed by atoms with Crippen molar-refractivity contribution in [3.63, 3.8) is 0 Å². The number of aliphatic carboxylic acids is 1. The summed E-state index contributed by atoms with van der Waals surface area (Å²) < 4.78 is 5.78. The van der Waals surface area contributed by atoms with Gasteiger partial charge >= 0.3 is 11.9 Å². The quantitative estimate of drug-likeness (QED) is 0.122. The van der Waals surface area contributed by atoms with Crippen molar-refractivity contribution in [2.75, 3.05) is 31.6 Å². The fourth-order valence-corrected chi connectivity index (χ4v) is 8.17. The molecule has 2 atom stereocenters. The van der Waals surface area contributed by atoms with Gasteiger partial charge in [0.2, 0.25) is 0 Å². The van der Waals surface area contributed by atoms with Gasteiger partial charge in [-0.05, 0) is 11.5 Å². The van der Waals surface area contributed by atoms with Crippen molar-refractivity contribution in [3.8, 4) is 0 Å². The van der Waals surface area contributed by atoms with Crippen LogP contribution in [0.15, 0.2) is 25.5 Å². The molecular weight excluding hydrogens is 549 g/mol. The molecule has 17 heteroatoms. The molecule has 0 radical (unpaired) electrons. The monoisotopic (exact) mass is 569 g/mol. The number of nitrogens with two attached hydrogens (primary N) is 1. The van der Waals surface area contributed by atoms with Gasteiger partial charge in [0.15, 0.2) is 15.2 Å². The normalized spacial score (nSPS) is 23.4. The van der Waals surface area contributed by atoms with Crippen molar-refractivity contribution in [2.24, 2.45) is 5.16 Å². The van der Waals surface area contributed by atoms with E-state index >= 15 is 0 Å². The largest absolute Gasteiger partial charge is 0.477 e. The minimum atomic E-state index is -1.24. The van der Waals surface area contributed by atoms with Gasteiger partial charge in [0.1, 0.15) is 22.8 Å². The van der Waals surface area contributed by atoms with Crippen LogP contribution in [-0.4, -0.2) is 90.4 Å². The average molecular weight is 570 g/mol. The van der Waals surface area contributed by atoms with Crippen LogP contribution < -0.4 is 15.5 Å². The Balaban J connectivity index is 1.32. The smallest absolute Gasteiger partial charge is 0.353 e. The maximum atomic E-state index is 12.9. The summed E-state index contributed by atoms with van der Waals surface area (Å²) >= 11 is 4.82. The number of carbonyl (C=O) groups excluding carboxylic acids is 2. The number of quaternary nitrogens is 1. The van der Waals surface area contributed by atoms with Gasteiger partial charge in [0.05, 0.1) is 20.1 Å². The number of amides is 2. The lowest BCUT2D eigenvalue weighted by Gasteiger charge is -2.49. The van der Waals surface area contributed by atoms with E-state index in [1.165, 1.54) is 45.3 Å². The van der Waals surface area contributed by atoms with Gasteiger partial charge in [0.25, 0.3) is 11.8 Å². The number of carbonyl (C=O) groups is 3. The van der Waals surface area contributed by atoms with E-state index in [0.29, 0.717) is 19.5 Å². The molecule has 0 bridgehead atoms. The summed E-state index contributed by atoms with van der Waals surface area (Å²) in [5.41, 5.74) is 5.14. The van der Waals surface area contributed by atoms with Gasteiger partial charge in [0, 0.05) is 28.9 Å². The number of fused-ring (bicyclic) bond motifs is 1. The number of anilines is 1. The van der Waals surface area contributed by atoms with E-state index in [2.05, 4.69) is 31.9 Å². The third-order valence-electron chi connectivity index (χ3n) is 6.15. The highest BCUT2D eigenvalue weighted by atomic mass is 32.2. The van der Waals surface area contributed by atoms with Gasteiger partial charge in [-0.3, -0.25) is 19.0 Å². The topological polar surface area (TPSA) is 184 Å². The SMILES string of the molecule is C[N+]1(c2nsc(SC3=C(C(=O)O)N4C(=O)[C@@H](NC(=O)/C(=N\O)c5csc(N)n5)C4SC3)n2)CCCC1. The lowest BCUT2D eigenvalue weighted by atomic mass is 10.0. The molecule has 2 aromatic rings. The molecule has 1 unspecified atom stereocenters. The molecule has 36 heavy (non-hydrogen) atoms. The van der Waals surface area contributed by atoms with E-state index < -0.39 is 29.2 Å². The zero-order valence-electron chi connectivity index (χ0n) is 18.8. The summed E-state index contributed by atoms with van der Waals surface area (Å²) in [4.78, 5) is 48.0. The molecule has 2 amide bonds. The number of carboxylic acid groups (broad SMARTS) is 1. The number of β-lactam (4-membered cyclic amide) rings is 1. The number of thiazole rings is 1. The molecule has 0 aromatic carbocycles. The molecule has 0 aliphatic carbocycles. The Morgan fingerprint density at radius 3 is 2.72 bits per heavy atom. The number of hydrogen-bond donors (Lipinski definition) is 4. The predicted molar refractivity (Wildman–Crippen MR) is 137 cm³/mol. The van der Waals surface area contributed by atoms with Crippen LogP contribution in [0.1, 0.15) is 18.5 Å². The zero-order chi connectivity index (χ0) is 25.6. The van der Waals surface area contributed by atoms with Gasteiger partial charge in [-0.25, -0.2) is 9.78 Å². The number of nitrogen functional groups attached to an aromatic ring is 1. The van der Waals surface area contributed by atoms with E-state index in [1.54, 1.807) is 0 Å². The Hall–Kier alpha value is -2.73. The van der Waals surface area contributed by atoms with Gasteiger partial charge < -0.3 is 21.4 Å². The highest BCUT2D eigenvalue weighted by Crippen LogP contribution is 2.46. The van der Waals surface area contributed by atoms with Crippen molar-refractivity contribution < 1.29 is 24.7 Å². The second-order valence-corrected chi connectivity index (χ2v) is 12.6. The number of carboxylic acids is 1. The summed E-state index contributed by atoms with van der Waals surface area (Å²) in [5.74, 6) is -1.58. The Morgan fingerprint density at radius 1 is 1.33 bits per heavy atom. The van der Waals surface area contributed by atoms with Crippen LogP contribution >= 0.6 is 46.4 Å². The van der Waals surface area contributed by atoms with Crippen LogP contribution in [-0.2, 0) is 14.4 Å². The van der Waals surface area contributed by atoms with Crippen molar-refractivity contribution in [3.05, 3.63) is 21.7 Å². The molecule has 190 valence electrons. The highest BCUT2D eigenvalue weighted by molar-refractivity contribution is 8.07. The number of hydrogen-bond acceptors (Lipinski definition) is 13. The summed E-state index contributed by atoms with van der Waals surface area (Å²) in [7, 11) is 2.09. The Labute approximate surface area is 221 Å². The second-order valence-electron chi connectivity index (χ2n) is 8.47. The summed E-state index contributed by atoms with van der Waals surface area (Å²) in [6.45, 7) is 1.94. The van der Waals surface area contributed by atoms with E-state index in [-0.39, 0.29) is 22.2 Å². The summed E-state index contributed by atoms with van der Waals surface area (Å²) in [6.07, 6.45) is 2.23. The number of thioether (sulfide) groups is 2. The Bertz CT molecular complexity index is 1300. The van der Waals surface area contributed by atoms with Crippen molar-refractivity contribution >= 4 is 81.0 Å². The number of aromatic nitrogens is 3. The third kappa shape index (κ3) is 4.34. The van der Waals surface area contributed by atoms with Crippen LogP contribution in [0, 0.1) is 0 Å². The van der Waals surface area contributed by atoms with Crippen molar-refractivity contribution in [1.29, 1.82) is 0 Å². The first-order valence-corrected chi connectivity index (χ1v) is 14.3. The number of nitrogens with one attached hydrogen (secondary N) is 1. The van der Waals surface area contributed by atoms with E-state index in [0.717, 1.165) is 43.2 Å². The zero-order valence-corrected chi connectivity index (χ0v) is 22.0. The van der Waals surface area contributed by atoms with Crippen LogP contribution in [0.3, 0.4) is 0 Å². The van der Waals surface area contributed by atoms with E-state index in [9.17, 15) is 24.7 Å². The van der Waals surface area contributed by atoms with Crippen LogP contribution in [0.25, 0.3) is 0 Å². The van der Waals surface area contributed by atoms with Gasteiger partial charge in [-0.1, -0.05) is 16.9 Å².